The molecule has 0 aliphatic rings. The second-order valence-electron chi connectivity index (χ2n) is 3.73. The Kier molecular flexibility index (Phi) is 3.04. The van der Waals surface area contributed by atoms with E-state index in [-0.39, 0.29) is 5.82 Å². The van der Waals surface area contributed by atoms with Gasteiger partial charge < -0.3 is 5.73 Å². The molecule has 0 saturated carbocycles. The van der Waals surface area contributed by atoms with Crippen molar-refractivity contribution in [1.29, 1.82) is 0 Å². The zero-order valence-corrected chi connectivity index (χ0v) is 9.39. The predicted octanol–water partition coefficient (Wildman–Crippen LogP) is 1.70. The summed E-state index contributed by atoms with van der Waals surface area (Å²) < 4.78 is 38.4. The Morgan fingerprint density at radius 1 is 1.28 bits per heavy atom. The van der Waals surface area contributed by atoms with E-state index in [0.717, 1.165) is 17.1 Å². The van der Waals surface area contributed by atoms with Gasteiger partial charge in [-0.3, -0.25) is 4.98 Å². The number of halogens is 3. The molecule has 2 N–H and O–H groups in total. The fourth-order valence-electron chi connectivity index (χ4n) is 1.42. The van der Waals surface area contributed by atoms with Crippen LogP contribution in [0.3, 0.4) is 0 Å². The molecule has 2 aromatic rings. The average molecular weight is 257 g/mol. The summed E-state index contributed by atoms with van der Waals surface area (Å²) in [6, 6.07) is -0.452. The number of nitrogens with zero attached hydrogens (tertiary/aromatic N) is 4. The molecule has 2 heterocycles. The second-order valence-corrected chi connectivity index (χ2v) is 3.73. The first-order valence-electron chi connectivity index (χ1n) is 5.08. The van der Waals surface area contributed by atoms with Gasteiger partial charge in [-0.2, -0.15) is 18.3 Å². The van der Waals surface area contributed by atoms with E-state index in [9.17, 15) is 13.2 Å². The topological polar surface area (TPSA) is 69.6 Å². The Hall–Kier alpha value is -1.96. The summed E-state index contributed by atoms with van der Waals surface area (Å²) in [5, 5.41) is 3.63. The van der Waals surface area contributed by atoms with Crippen LogP contribution in [0.15, 0.2) is 24.8 Å². The fraction of sp³-hybridized carbons (Fsp3) is 0.300. The largest absolute Gasteiger partial charge is 0.419 e. The van der Waals surface area contributed by atoms with Gasteiger partial charge >= 0.3 is 6.18 Å². The van der Waals surface area contributed by atoms with Gasteiger partial charge in [-0.15, -0.1) is 0 Å². The van der Waals surface area contributed by atoms with Crippen LogP contribution >= 0.6 is 0 Å². The molecular weight excluding hydrogens is 247 g/mol. The molecule has 0 aliphatic heterocycles. The molecule has 0 radical (unpaired) electrons. The smallest absolute Gasteiger partial charge is 0.323 e. The number of hydrogen-bond acceptors (Lipinski definition) is 4. The molecule has 0 spiro atoms. The molecule has 0 fully saturated rings. The lowest BCUT2D eigenvalue weighted by molar-refractivity contribution is -0.137. The van der Waals surface area contributed by atoms with Crippen molar-refractivity contribution in [3.05, 3.63) is 36.0 Å². The Labute approximate surface area is 100 Å². The highest BCUT2D eigenvalue weighted by Gasteiger charge is 2.32. The second kappa shape index (κ2) is 4.37. The summed E-state index contributed by atoms with van der Waals surface area (Å²) in [4.78, 5) is 7.95. The van der Waals surface area contributed by atoms with Crippen LogP contribution in [0.25, 0.3) is 5.82 Å². The summed E-state index contributed by atoms with van der Waals surface area (Å²) in [5.41, 5.74) is 5.22. The van der Waals surface area contributed by atoms with Crippen molar-refractivity contribution in [3.63, 3.8) is 0 Å². The Balaban J connectivity index is 2.47. The molecule has 8 heteroatoms. The van der Waals surface area contributed by atoms with E-state index in [1.807, 2.05) is 0 Å². The van der Waals surface area contributed by atoms with E-state index >= 15 is 0 Å². The third-order valence-corrected chi connectivity index (χ3v) is 2.26. The molecule has 1 atom stereocenters. The number of alkyl halides is 3. The predicted molar refractivity (Wildman–Crippen MR) is 56.8 cm³/mol. The van der Waals surface area contributed by atoms with Gasteiger partial charge in [0.15, 0.2) is 5.82 Å². The number of aromatic nitrogens is 4. The van der Waals surface area contributed by atoms with Crippen molar-refractivity contribution in [1.82, 2.24) is 19.7 Å². The van der Waals surface area contributed by atoms with Crippen LogP contribution in [0.1, 0.15) is 24.2 Å². The highest BCUT2D eigenvalue weighted by atomic mass is 19.4. The maximum Gasteiger partial charge on any atom is 0.419 e. The molecule has 2 aromatic heterocycles. The SMILES string of the molecule is CC(N)c1nccnc1-n1cc(C(F)(F)F)cn1. The highest BCUT2D eigenvalue weighted by molar-refractivity contribution is 5.30. The molecule has 0 bridgehead atoms. The van der Waals surface area contributed by atoms with Gasteiger partial charge in [0, 0.05) is 24.6 Å². The monoisotopic (exact) mass is 257 g/mol. The quantitative estimate of drug-likeness (QED) is 0.889. The minimum Gasteiger partial charge on any atom is -0.323 e. The fourth-order valence-corrected chi connectivity index (χ4v) is 1.42. The maximum absolute atomic E-state index is 12.5. The number of hydrogen-bond donors (Lipinski definition) is 1. The van der Waals surface area contributed by atoms with E-state index in [2.05, 4.69) is 15.1 Å². The van der Waals surface area contributed by atoms with E-state index < -0.39 is 17.8 Å². The first-order valence-corrected chi connectivity index (χ1v) is 5.08. The molecule has 1 unspecified atom stereocenters. The van der Waals surface area contributed by atoms with Crippen molar-refractivity contribution in [2.75, 3.05) is 0 Å². The standard InChI is InChI=1S/C10H10F3N5/c1-6(14)8-9(16-3-2-15-8)18-5-7(4-17-18)10(11,12)13/h2-6H,14H2,1H3. The maximum atomic E-state index is 12.5. The molecule has 0 amide bonds. The van der Waals surface area contributed by atoms with E-state index in [1.54, 1.807) is 6.92 Å². The third kappa shape index (κ3) is 2.33. The summed E-state index contributed by atoms with van der Waals surface area (Å²) in [7, 11) is 0. The minimum absolute atomic E-state index is 0.197. The molecule has 18 heavy (non-hydrogen) atoms. The van der Waals surface area contributed by atoms with Crippen molar-refractivity contribution in [3.8, 4) is 5.82 Å². The lowest BCUT2D eigenvalue weighted by Crippen LogP contribution is -2.13. The van der Waals surface area contributed by atoms with Crippen LogP contribution in [0.5, 0.6) is 0 Å². The van der Waals surface area contributed by atoms with Gasteiger partial charge in [0.1, 0.15) is 5.69 Å². The van der Waals surface area contributed by atoms with Crippen LogP contribution in [0.4, 0.5) is 13.2 Å². The van der Waals surface area contributed by atoms with Crippen molar-refractivity contribution in [2.45, 2.75) is 19.1 Å². The summed E-state index contributed by atoms with van der Waals surface area (Å²) in [5.74, 6) is 0.197. The normalized spacial score (nSPS) is 13.6. The summed E-state index contributed by atoms with van der Waals surface area (Å²) in [6.45, 7) is 1.67. The molecule has 2 rings (SSSR count). The van der Waals surface area contributed by atoms with E-state index in [0.29, 0.717) is 5.69 Å². The molecular formula is C10H10F3N5. The molecule has 5 nitrogen and oxygen atoms in total. The minimum atomic E-state index is -4.44. The van der Waals surface area contributed by atoms with Gasteiger partial charge in [0.2, 0.25) is 0 Å². The van der Waals surface area contributed by atoms with Gasteiger partial charge in [0.25, 0.3) is 0 Å². The van der Waals surface area contributed by atoms with Gasteiger partial charge in [-0.25, -0.2) is 9.67 Å². The lowest BCUT2D eigenvalue weighted by Gasteiger charge is -2.09. The molecule has 96 valence electrons. The first kappa shape index (κ1) is 12.5. The Morgan fingerprint density at radius 2 is 1.94 bits per heavy atom. The molecule has 0 saturated heterocycles. The molecule has 0 aliphatic carbocycles. The van der Waals surface area contributed by atoms with E-state index in [4.69, 9.17) is 5.73 Å². The van der Waals surface area contributed by atoms with Gasteiger partial charge in [-0.05, 0) is 6.92 Å². The van der Waals surface area contributed by atoms with Crippen molar-refractivity contribution >= 4 is 0 Å². The van der Waals surface area contributed by atoms with Crippen LogP contribution in [0.2, 0.25) is 0 Å². The van der Waals surface area contributed by atoms with Gasteiger partial charge in [0.05, 0.1) is 11.8 Å². The number of nitrogens with two attached hydrogens (primary N) is 1. The highest BCUT2D eigenvalue weighted by Crippen LogP contribution is 2.29. The summed E-state index contributed by atoms with van der Waals surface area (Å²) in [6.07, 6.45) is -0.0446. The summed E-state index contributed by atoms with van der Waals surface area (Å²) >= 11 is 0. The Bertz CT molecular complexity index is 546. The lowest BCUT2D eigenvalue weighted by atomic mass is 10.2. The zero-order chi connectivity index (χ0) is 13.3. The average Bonchev–Trinajstić information content (AvgIpc) is 2.77. The third-order valence-electron chi connectivity index (χ3n) is 2.26. The van der Waals surface area contributed by atoms with Crippen LogP contribution in [-0.4, -0.2) is 19.7 Å². The van der Waals surface area contributed by atoms with Crippen molar-refractivity contribution < 1.29 is 13.2 Å². The van der Waals surface area contributed by atoms with Crippen LogP contribution in [0, 0.1) is 0 Å². The Morgan fingerprint density at radius 3 is 2.50 bits per heavy atom. The van der Waals surface area contributed by atoms with Crippen LogP contribution in [-0.2, 0) is 6.18 Å². The van der Waals surface area contributed by atoms with E-state index in [1.165, 1.54) is 12.4 Å². The number of rotatable bonds is 2. The zero-order valence-electron chi connectivity index (χ0n) is 9.39. The molecule has 0 aromatic carbocycles. The first-order chi connectivity index (χ1) is 8.39. The van der Waals surface area contributed by atoms with Crippen molar-refractivity contribution in [2.24, 2.45) is 5.73 Å². The van der Waals surface area contributed by atoms with Gasteiger partial charge in [-0.1, -0.05) is 0 Å². The van der Waals surface area contributed by atoms with Crippen LogP contribution < -0.4 is 5.73 Å².